The Kier molecular flexibility index (Phi) is 5.38. The van der Waals surface area contributed by atoms with Gasteiger partial charge in [0.2, 0.25) is 10.0 Å². The van der Waals surface area contributed by atoms with Crippen LogP contribution in [-0.4, -0.2) is 21.6 Å². The zero-order valence-corrected chi connectivity index (χ0v) is 13.1. The molecule has 1 aromatic rings. The molecular formula is C14H23NO3S. The summed E-state index contributed by atoms with van der Waals surface area (Å²) in [6.45, 7) is 10.5. The molecule has 0 aliphatic heterocycles. The third-order valence-electron chi connectivity index (χ3n) is 2.96. The molecule has 19 heavy (non-hydrogen) atoms. The van der Waals surface area contributed by atoms with Gasteiger partial charge in [-0.2, -0.15) is 0 Å². The predicted molar refractivity (Wildman–Crippen MR) is 77.1 cm³/mol. The highest BCUT2D eigenvalue weighted by Crippen LogP contribution is 2.27. The molecule has 0 unspecified atom stereocenters. The Balaban J connectivity index is 3.11. The fourth-order valence-corrected chi connectivity index (χ4v) is 3.24. The molecule has 0 aliphatic carbocycles. The number of hydrogen-bond donors (Lipinski definition) is 1. The number of ether oxygens (including phenoxy) is 1. The van der Waals surface area contributed by atoms with E-state index in [1.807, 2.05) is 34.6 Å². The van der Waals surface area contributed by atoms with Crippen molar-refractivity contribution in [2.24, 2.45) is 5.92 Å². The van der Waals surface area contributed by atoms with Crippen molar-refractivity contribution in [3.63, 3.8) is 0 Å². The van der Waals surface area contributed by atoms with Crippen LogP contribution in [0.3, 0.4) is 0 Å². The fraction of sp³-hybridized carbons (Fsp3) is 0.571. The second-order valence-electron chi connectivity index (χ2n) is 4.99. The summed E-state index contributed by atoms with van der Waals surface area (Å²) >= 11 is 0. The Morgan fingerprint density at radius 2 is 1.84 bits per heavy atom. The van der Waals surface area contributed by atoms with E-state index in [4.69, 9.17) is 4.74 Å². The van der Waals surface area contributed by atoms with Crippen LogP contribution in [-0.2, 0) is 10.0 Å². The summed E-state index contributed by atoms with van der Waals surface area (Å²) in [6.07, 6.45) is 0. The first-order valence-electron chi connectivity index (χ1n) is 6.52. The highest BCUT2D eigenvalue weighted by Gasteiger charge is 2.19. The van der Waals surface area contributed by atoms with Gasteiger partial charge in [0.1, 0.15) is 5.75 Å². The Hall–Kier alpha value is -1.07. The van der Waals surface area contributed by atoms with Crippen LogP contribution in [0, 0.1) is 19.8 Å². The van der Waals surface area contributed by atoms with Crippen molar-refractivity contribution in [1.29, 1.82) is 0 Å². The van der Waals surface area contributed by atoms with Crippen LogP contribution in [0.5, 0.6) is 5.75 Å². The molecule has 0 heterocycles. The highest BCUT2D eigenvalue weighted by atomic mass is 32.2. The summed E-state index contributed by atoms with van der Waals surface area (Å²) in [6, 6.07) is 3.33. The molecule has 0 bridgehead atoms. The van der Waals surface area contributed by atoms with E-state index < -0.39 is 10.0 Å². The molecule has 0 atom stereocenters. The van der Waals surface area contributed by atoms with Crippen LogP contribution in [0.2, 0.25) is 0 Å². The summed E-state index contributed by atoms with van der Waals surface area (Å²) in [5.74, 6) is 1.02. The van der Waals surface area contributed by atoms with Crippen LogP contribution in [0.4, 0.5) is 0 Å². The van der Waals surface area contributed by atoms with Gasteiger partial charge in [0.05, 0.1) is 11.5 Å². The van der Waals surface area contributed by atoms with Crippen LogP contribution in [0.15, 0.2) is 17.0 Å². The molecule has 108 valence electrons. The largest absolute Gasteiger partial charge is 0.494 e. The van der Waals surface area contributed by atoms with E-state index >= 15 is 0 Å². The Labute approximate surface area is 116 Å². The number of nitrogens with one attached hydrogen (secondary N) is 1. The van der Waals surface area contributed by atoms with Crippen LogP contribution in [0.1, 0.15) is 31.9 Å². The van der Waals surface area contributed by atoms with Crippen LogP contribution >= 0.6 is 0 Å². The van der Waals surface area contributed by atoms with Gasteiger partial charge in [-0.1, -0.05) is 13.8 Å². The quantitative estimate of drug-likeness (QED) is 0.874. The molecule has 0 fully saturated rings. The standard InChI is InChI=1S/C14H23NO3S/c1-6-18-13-7-8-14(12(5)11(13)4)19(16,17)15-9-10(2)3/h7-8,10,15H,6,9H2,1-5H3. The Bertz CT molecular complexity index is 536. The maximum absolute atomic E-state index is 12.2. The number of sulfonamides is 1. The molecule has 1 N–H and O–H groups in total. The topological polar surface area (TPSA) is 55.4 Å². The molecule has 5 heteroatoms. The first-order valence-corrected chi connectivity index (χ1v) is 8.00. The minimum Gasteiger partial charge on any atom is -0.494 e. The van der Waals surface area contributed by atoms with E-state index in [2.05, 4.69) is 4.72 Å². The fourth-order valence-electron chi connectivity index (χ4n) is 1.73. The van der Waals surface area contributed by atoms with Gasteiger partial charge in [0, 0.05) is 6.54 Å². The van der Waals surface area contributed by atoms with Gasteiger partial charge in [-0.05, 0) is 49.9 Å². The molecule has 4 nitrogen and oxygen atoms in total. The van der Waals surface area contributed by atoms with Gasteiger partial charge < -0.3 is 4.74 Å². The van der Waals surface area contributed by atoms with E-state index in [1.54, 1.807) is 12.1 Å². The van der Waals surface area contributed by atoms with Gasteiger partial charge in [-0.25, -0.2) is 13.1 Å². The predicted octanol–water partition coefficient (Wildman–Crippen LogP) is 2.64. The maximum atomic E-state index is 12.2. The summed E-state index contributed by atoms with van der Waals surface area (Å²) in [5.41, 5.74) is 1.61. The van der Waals surface area contributed by atoms with Crippen molar-refractivity contribution in [2.45, 2.75) is 39.5 Å². The van der Waals surface area contributed by atoms with E-state index in [9.17, 15) is 8.42 Å². The molecule has 0 radical (unpaired) electrons. The Morgan fingerprint density at radius 3 is 2.37 bits per heavy atom. The van der Waals surface area contributed by atoms with Crippen molar-refractivity contribution in [3.8, 4) is 5.75 Å². The van der Waals surface area contributed by atoms with Gasteiger partial charge in [-0.3, -0.25) is 0 Å². The maximum Gasteiger partial charge on any atom is 0.240 e. The third-order valence-corrected chi connectivity index (χ3v) is 4.53. The number of benzene rings is 1. The molecule has 1 aromatic carbocycles. The lowest BCUT2D eigenvalue weighted by atomic mass is 10.1. The molecule has 1 rings (SSSR count). The zero-order chi connectivity index (χ0) is 14.6. The second-order valence-corrected chi connectivity index (χ2v) is 6.73. The monoisotopic (exact) mass is 285 g/mol. The first kappa shape index (κ1) is 16.0. The smallest absolute Gasteiger partial charge is 0.240 e. The lowest BCUT2D eigenvalue weighted by Crippen LogP contribution is -2.28. The SMILES string of the molecule is CCOc1ccc(S(=O)(=O)NCC(C)C)c(C)c1C. The molecular weight excluding hydrogens is 262 g/mol. The van der Waals surface area contributed by atoms with E-state index in [0.29, 0.717) is 18.0 Å². The molecule has 0 aromatic heterocycles. The normalized spacial score (nSPS) is 11.9. The van der Waals surface area contributed by atoms with Gasteiger partial charge >= 0.3 is 0 Å². The number of hydrogen-bond acceptors (Lipinski definition) is 3. The summed E-state index contributed by atoms with van der Waals surface area (Å²) in [5, 5.41) is 0. The lowest BCUT2D eigenvalue weighted by Gasteiger charge is -2.15. The van der Waals surface area contributed by atoms with E-state index in [-0.39, 0.29) is 5.92 Å². The van der Waals surface area contributed by atoms with E-state index in [1.165, 1.54) is 0 Å². The van der Waals surface area contributed by atoms with Crippen molar-refractivity contribution >= 4 is 10.0 Å². The van der Waals surface area contributed by atoms with Crippen molar-refractivity contribution in [2.75, 3.05) is 13.2 Å². The van der Waals surface area contributed by atoms with Crippen LogP contribution in [0.25, 0.3) is 0 Å². The first-order chi connectivity index (χ1) is 8.79. The molecule has 0 spiro atoms. The highest BCUT2D eigenvalue weighted by molar-refractivity contribution is 7.89. The summed E-state index contributed by atoms with van der Waals surface area (Å²) < 4.78 is 32.5. The minimum absolute atomic E-state index is 0.277. The van der Waals surface area contributed by atoms with Gasteiger partial charge in [-0.15, -0.1) is 0 Å². The van der Waals surface area contributed by atoms with Crippen molar-refractivity contribution in [1.82, 2.24) is 4.72 Å². The molecule has 0 saturated heterocycles. The Morgan fingerprint density at radius 1 is 1.21 bits per heavy atom. The zero-order valence-electron chi connectivity index (χ0n) is 12.3. The number of rotatable bonds is 6. The second kappa shape index (κ2) is 6.39. The van der Waals surface area contributed by atoms with Crippen LogP contribution < -0.4 is 9.46 Å². The van der Waals surface area contributed by atoms with E-state index in [0.717, 1.165) is 16.9 Å². The average molecular weight is 285 g/mol. The van der Waals surface area contributed by atoms with Gasteiger partial charge in [0.15, 0.2) is 0 Å². The average Bonchev–Trinajstić information content (AvgIpc) is 2.33. The van der Waals surface area contributed by atoms with Gasteiger partial charge in [0.25, 0.3) is 0 Å². The lowest BCUT2D eigenvalue weighted by molar-refractivity contribution is 0.337. The molecule has 0 aliphatic rings. The summed E-state index contributed by atoms with van der Waals surface area (Å²) in [4.78, 5) is 0.328. The minimum atomic E-state index is -3.45. The van der Waals surface area contributed by atoms with Crippen molar-refractivity contribution in [3.05, 3.63) is 23.3 Å². The molecule has 0 amide bonds. The third kappa shape index (κ3) is 3.94. The summed E-state index contributed by atoms with van der Waals surface area (Å²) in [7, 11) is -3.45. The molecule has 0 saturated carbocycles. The van der Waals surface area contributed by atoms with Crippen molar-refractivity contribution < 1.29 is 13.2 Å².